The van der Waals surface area contributed by atoms with E-state index in [1.54, 1.807) is 30.3 Å². The van der Waals surface area contributed by atoms with Crippen molar-refractivity contribution in [1.29, 1.82) is 0 Å². The summed E-state index contributed by atoms with van der Waals surface area (Å²) in [5.74, 6) is -2.84. The highest BCUT2D eigenvalue weighted by Crippen LogP contribution is 2.42. The number of nitro groups is 1. The fourth-order valence-electron chi connectivity index (χ4n) is 7.80. The number of carbonyl (C=O) groups is 3. The van der Waals surface area contributed by atoms with Crippen molar-refractivity contribution >= 4 is 68.7 Å². The first-order chi connectivity index (χ1) is 35.6. The lowest BCUT2D eigenvalue weighted by molar-refractivity contribution is -0.384. The van der Waals surface area contributed by atoms with Gasteiger partial charge in [-0.2, -0.15) is 15.3 Å². The second kappa shape index (κ2) is 26.4. The molecular formula is C56H55ClN8O10. The Hall–Kier alpha value is -9.29. The molecule has 0 spiro atoms. The highest BCUT2D eigenvalue weighted by Gasteiger charge is 2.23. The molecule has 19 heteroatoms. The number of aromatic carboxylic acids is 3. The van der Waals surface area contributed by atoms with Crippen LogP contribution in [0, 0.1) is 10.1 Å². The Labute approximate surface area is 438 Å². The summed E-state index contributed by atoms with van der Waals surface area (Å²) < 4.78 is 8.74. The van der Waals surface area contributed by atoms with E-state index in [4.69, 9.17) is 14.6 Å². The monoisotopic (exact) mass is 1030 g/mol. The van der Waals surface area contributed by atoms with E-state index in [0.29, 0.717) is 22.6 Å². The van der Waals surface area contributed by atoms with Crippen molar-refractivity contribution in [2.24, 2.45) is 20.5 Å². The molecule has 2 aliphatic rings. The summed E-state index contributed by atoms with van der Waals surface area (Å²) in [6.07, 6.45) is 0. The van der Waals surface area contributed by atoms with E-state index < -0.39 is 22.8 Å². The van der Waals surface area contributed by atoms with E-state index in [1.165, 1.54) is 48.5 Å². The lowest BCUT2D eigenvalue weighted by Gasteiger charge is -2.22. The molecule has 0 aromatic heterocycles. The number of rotatable bonds is 15. The van der Waals surface area contributed by atoms with Gasteiger partial charge in [-0.15, -0.1) is 5.11 Å². The van der Waals surface area contributed by atoms with E-state index in [9.17, 15) is 34.7 Å². The van der Waals surface area contributed by atoms with Gasteiger partial charge in [-0.1, -0.05) is 30.3 Å². The van der Waals surface area contributed by atoms with Gasteiger partial charge in [0, 0.05) is 79.3 Å². The van der Waals surface area contributed by atoms with Crippen LogP contribution in [0.3, 0.4) is 0 Å². The third-order valence-electron chi connectivity index (χ3n) is 11.7. The van der Waals surface area contributed by atoms with Crippen LogP contribution in [0.2, 0.25) is 0 Å². The summed E-state index contributed by atoms with van der Waals surface area (Å²) >= 11 is 0. The smallest absolute Gasteiger partial charge is 0.339 e. The van der Waals surface area contributed by atoms with E-state index in [0.717, 1.165) is 70.8 Å². The summed E-state index contributed by atoms with van der Waals surface area (Å²) in [6, 6.07) is 42.9. The third-order valence-corrected chi connectivity index (χ3v) is 11.7. The number of fused-ring (bicyclic) bond motifs is 2. The molecule has 0 unspecified atom stereocenters. The van der Waals surface area contributed by atoms with Crippen molar-refractivity contribution in [2.45, 2.75) is 27.7 Å². The Morgan fingerprint density at radius 3 is 1.72 bits per heavy atom. The molecule has 1 aliphatic heterocycles. The molecule has 8 rings (SSSR count). The molecule has 0 bridgehead atoms. The Kier molecular flexibility index (Phi) is 19.9. The number of carboxylic acids is 3. The van der Waals surface area contributed by atoms with Gasteiger partial charge in [0.25, 0.3) is 5.69 Å². The van der Waals surface area contributed by atoms with Crippen LogP contribution in [0.1, 0.15) is 58.8 Å². The van der Waals surface area contributed by atoms with E-state index in [1.807, 2.05) is 55.4 Å². The molecule has 6 aromatic rings. The van der Waals surface area contributed by atoms with Crippen molar-refractivity contribution in [2.75, 3.05) is 50.1 Å². The molecule has 6 aromatic carbocycles. The lowest BCUT2D eigenvalue weighted by Crippen LogP contribution is -3.00. The summed E-state index contributed by atoms with van der Waals surface area (Å²) in [5, 5.41) is 65.4. The predicted octanol–water partition coefficient (Wildman–Crippen LogP) is 9.85. The Balaban J connectivity index is 0.000000217. The number of non-ortho nitro benzene ring substituents is 1. The quantitative estimate of drug-likeness (QED) is 0.0246. The SMILES string of the molecule is CCN(CC)c1ccc2c(-c3ccccc3C(=O)O)c3ccc(=[N+](CC)CC)cc-3oc2c1.CN(C)c1ccc(N=Nc2ccccc2C(=O)O)cc1.O=C(O)c1cc(N=Nc2ccc([N+](=O)[O-])cc2)ccc1O.[Cl-]. The standard InChI is InChI=1S/C28H30N2O3.C15H15N3O2.C13H9N3O5.ClH/c1-5-29(6-2)19-13-15-23-25(17-19)33-26-18-20(30(7-3)8-4)14-16-24(26)27(23)21-11-9-10-12-22(21)28(31)32;1-18(2)12-9-7-11(8-10-12)16-17-14-6-4-3-5-13(14)15(19)20;17-12-6-3-9(7-11(12)13(18)19)15-14-8-1-4-10(5-2-8)16(20)21;/h9-18H,5-8H2,1-4H3;3-10H,1-2H3,(H,19,20);1-7,17H,(H,18,19);1H. The minimum atomic E-state index is -1.28. The highest BCUT2D eigenvalue weighted by molar-refractivity contribution is 6.08. The highest BCUT2D eigenvalue weighted by atomic mass is 35.5. The van der Waals surface area contributed by atoms with Crippen LogP contribution in [0.5, 0.6) is 5.75 Å². The van der Waals surface area contributed by atoms with Crippen LogP contribution >= 0.6 is 0 Å². The zero-order valence-electron chi connectivity index (χ0n) is 42.0. The summed E-state index contributed by atoms with van der Waals surface area (Å²) in [4.78, 5) is 48.2. The molecule has 18 nitrogen and oxygen atoms in total. The molecule has 75 heavy (non-hydrogen) atoms. The van der Waals surface area contributed by atoms with Gasteiger partial charge in [0.1, 0.15) is 41.4 Å². The topological polar surface area (TPSA) is 247 Å². The first-order valence-corrected chi connectivity index (χ1v) is 23.5. The van der Waals surface area contributed by atoms with Gasteiger partial charge in [-0.25, -0.2) is 19.0 Å². The van der Waals surface area contributed by atoms with Gasteiger partial charge in [-0.05, 0) is 124 Å². The van der Waals surface area contributed by atoms with Crippen molar-refractivity contribution in [3.8, 4) is 28.2 Å². The molecule has 0 saturated carbocycles. The molecule has 1 heterocycles. The van der Waals surface area contributed by atoms with E-state index >= 15 is 0 Å². The minimum Gasteiger partial charge on any atom is -1.00 e. The van der Waals surface area contributed by atoms with Crippen LogP contribution in [-0.2, 0) is 0 Å². The van der Waals surface area contributed by atoms with Crippen LogP contribution in [0.4, 0.5) is 39.8 Å². The molecule has 4 N–H and O–H groups in total. The first kappa shape index (κ1) is 56.6. The van der Waals surface area contributed by atoms with Crippen molar-refractivity contribution in [3.05, 3.63) is 184 Å². The average Bonchev–Trinajstić information content (AvgIpc) is 3.40. The summed E-state index contributed by atoms with van der Waals surface area (Å²) in [7, 11) is 3.92. The number of azo groups is 2. The normalized spacial score (nSPS) is 10.7. The second-order valence-corrected chi connectivity index (χ2v) is 16.4. The number of aromatic hydroxyl groups is 1. The van der Waals surface area contributed by atoms with Gasteiger partial charge in [0.05, 0.1) is 39.2 Å². The van der Waals surface area contributed by atoms with Crippen molar-refractivity contribution in [1.82, 2.24) is 4.58 Å². The summed E-state index contributed by atoms with van der Waals surface area (Å²) in [6.45, 7) is 12.1. The number of carboxylic acid groups (broad SMARTS) is 3. The van der Waals surface area contributed by atoms with E-state index in [2.05, 4.69) is 94.0 Å². The van der Waals surface area contributed by atoms with Crippen molar-refractivity contribution < 1.29 is 56.6 Å². The number of phenols is 1. The molecule has 0 amide bonds. The Bertz CT molecular complexity index is 3400. The zero-order valence-corrected chi connectivity index (χ0v) is 42.7. The number of halogens is 1. The molecule has 0 fully saturated rings. The maximum absolute atomic E-state index is 12.1. The van der Waals surface area contributed by atoms with Gasteiger partial charge in [-0.3, -0.25) is 10.1 Å². The number of nitro benzene ring substituents is 1. The second-order valence-electron chi connectivity index (χ2n) is 16.4. The fourth-order valence-corrected chi connectivity index (χ4v) is 7.80. The van der Waals surface area contributed by atoms with Crippen LogP contribution in [0.25, 0.3) is 33.4 Å². The van der Waals surface area contributed by atoms with Gasteiger partial charge in [0.15, 0.2) is 0 Å². The molecule has 0 saturated heterocycles. The number of benzene rings is 7. The van der Waals surface area contributed by atoms with Gasteiger partial charge < -0.3 is 47.1 Å². The van der Waals surface area contributed by atoms with Crippen LogP contribution in [0.15, 0.2) is 177 Å². The predicted molar refractivity (Wildman–Crippen MR) is 286 cm³/mol. The minimum absolute atomic E-state index is 0. The summed E-state index contributed by atoms with van der Waals surface area (Å²) in [5.41, 5.74) is 7.12. The van der Waals surface area contributed by atoms with Crippen LogP contribution in [-0.4, -0.2) is 83.5 Å². The maximum atomic E-state index is 12.1. The Morgan fingerprint density at radius 1 is 0.587 bits per heavy atom. The molecule has 0 radical (unpaired) electrons. The molecule has 0 atom stereocenters. The van der Waals surface area contributed by atoms with Gasteiger partial charge in [0.2, 0.25) is 5.36 Å². The van der Waals surface area contributed by atoms with Crippen LogP contribution < -0.4 is 32.1 Å². The molecule has 386 valence electrons. The number of anilines is 2. The molecular weight excluding hydrogens is 980 g/mol. The fraction of sp³-hybridized carbons (Fsp3) is 0.179. The number of nitrogens with zero attached hydrogens (tertiary/aromatic N) is 8. The first-order valence-electron chi connectivity index (χ1n) is 23.5. The van der Waals surface area contributed by atoms with E-state index in [-0.39, 0.29) is 46.2 Å². The number of hydrogen-bond donors (Lipinski definition) is 4. The third kappa shape index (κ3) is 14.2. The number of hydrogen-bond acceptors (Lipinski definition) is 13. The largest absolute Gasteiger partial charge is 1.00 e. The zero-order chi connectivity index (χ0) is 53.5. The van der Waals surface area contributed by atoms with Gasteiger partial charge >= 0.3 is 17.9 Å². The maximum Gasteiger partial charge on any atom is 0.339 e. The average molecular weight is 1040 g/mol. The van der Waals surface area contributed by atoms with Crippen molar-refractivity contribution in [3.63, 3.8) is 0 Å². The Morgan fingerprint density at radius 2 is 1.13 bits per heavy atom. The lowest BCUT2D eigenvalue weighted by atomic mass is 9.90. The molecule has 1 aliphatic carbocycles.